The van der Waals surface area contributed by atoms with E-state index in [9.17, 15) is 0 Å². The minimum atomic E-state index is 0.575. The Morgan fingerprint density at radius 3 is 3.27 bits per heavy atom. The van der Waals surface area contributed by atoms with Crippen LogP contribution in [0.5, 0.6) is 0 Å². The fourth-order valence-electron chi connectivity index (χ4n) is 2.22. The van der Waals surface area contributed by atoms with Gasteiger partial charge in [-0.2, -0.15) is 0 Å². The zero-order chi connectivity index (χ0) is 10.7. The summed E-state index contributed by atoms with van der Waals surface area (Å²) in [6.07, 6.45) is 5.54. The third kappa shape index (κ3) is 2.38. The number of thiazole rings is 1. The van der Waals surface area contributed by atoms with Crippen LogP contribution < -0.4 is 5.73 Å². The van der Waals surface area contributed by atoms with Gasteiger partial charge >= 0.3 is 0 Å². The van der Waals surface area contributed by atoms with Crippen LogP contribution >= 0.6 is 11.3 Å². The van der Waals surface area contributed by atoms with Crippen molar-refractivity contribution in [2.75, 3.05) is 19.6 Å². The molecule has 0 bridgehead atoms. The number of rotatable bonds is 4. The molecule has 1 fully saturated rings. The maximum absolute atomic E-state index is 5.55. The van der Waals surface area contributed by atoms with Crippen LogP contribution in [0.1, 0.15) is 35.7 Å². The molecule has 1 saturated heterocycles. The van der Waals surface area contributed by atoms with Gasteiger partial charge in [0, 0.05) is 11.1 Å². The standard InChI is InChI=1S/C11H19N3S/c1-2-14-7-3-4-10(14)11-13-8-9(15-11)5-6-12/h8,10H,2-7,12H2,1H3. The van der Waals surface area contributed by atoms with E-state index < -0.39 is 0 Å². The van der Waals surface area contributed by atoms with E-state index in [1.54, 1.807) is 0 Å². The molecule has 1 aromatic heterocycles. The van der Waals surface area contributed by atoms with Gasteiger partial charge in [0.2, 0.25) is 0 Å². The van der Waals surface area contributed by atoms with Gasteiger partial charge in [-0.05, 0) is 38.9 Å². The van der Waals surface area contributed by atoms with Crippen LogP contribution in [0.2, 0.25) is 0 Å². The molecule has 2 heterocycles. The zero-order valence-corrected chi connectivity index (χ0v) is 10.1. The Hall–Kier alpha value is -0.450. The first-order valence-electron chi connectivity index (χ1n) is 5.74. The third-order valence-corrected chi connectivity index (χ3v) is 4.18. The molecule has 2 N–H and O–H groups in total. The van der Waals surface area contributed by atoms with Crippen LogP contribution in [0.15, 0.2) is 6.20 Å². The van der Waals surface area contributed by atoms with Crippen LogP contribution in [0.25, 0.3) is 0 Å². The molecule has 15 heavy (non-hydrogen) atoms. The average Bonchev–Trinajstić information content (AvgIpc) is 2.84. The zero-order valence-electron chi connectivity index (χ0n) is 9.28. The van der Waals surface area contributed by atoms with Gasteiger partial charge in [-0.25, -0.2) is 4.98 Å². The number of aromatic nitrogens is 1. The molecule has 84 valence electrons. The molecule has 1 aliphatic rings. The van der Waals surface area contributed by atoms with Crippen molar-refractivity contribution in [2.24, 2.45) is 5.73 Å². The maximum Gasteiger partial charge on any atom is 0.110 e. The Morgan fingerprint density at radius 1 is 1.67 bits per heavy atom. The summed E-state index contributed by atoms with van der Waals surface area (Å²) < 4.78 is 0. The fraction of sp³-hybridized carbons (Fsp3) is 0.727. The van der Waals surface area contributed by atoms with Crippen molar-refractivity contribution in [3.05, 3.63) is 16.1 Å². The SMILES string of the molecule is CCN1CCCC1c1ncc(CCN)s1. The molecular weight excluding hydrogens is 206 g/mol. The van der Waals surface area contributed by atoms with Crippen LogP contribution in [0, 0.1) is 0 Å². The van der Waals surface area contributed by atoms with Gasteiger partial charge in [0.1, 0.15) is 5.01 Å². The Morgan fingerprint density at radius 2 is 2.53 bits per heavy atom. The predicted octanol–water partition coefficient (Wildman–Crippen LogP) is 1.80. The third-order valence-electron chi connectivity index (χ3n) is 3.02. The molecule has 0 aliphatic carbocycles. The van der Waals surface area contributed by atoms with Gasteiger partial charge in [-0.1, -0.05) is 6.92 Å². The van der Waals surface area contributed by atoms with E-state index in [-0.39, 0.29) is 0 Å². The summed E-state index contributed by atoms with van der Waals surface area (Å²) in [6.45, 7) is 5.32. The van der Waals surface area contributed by atoms with Crippen molar-refractivity contribution in [1.29, 1.82) is 0 Å². The van der Waals surface area contributed by atoms with E-state index >= 15 is 0 Å². The molecule has 0 amide bonds. The molecule has 0 aromatic carbocycles. The smallest absolute Gasteiger partial charge is 0.110 e. The summed E-state index contributed by atoms with van der Waals surface area (Å²) in [5, 5.41) is 1.29. The maximum atomic E-state index is 5.55. The minimum Gasteiger partial charge on any atom is -0.330 e. The first kappa shape index (κ1) is 11.0. The molecule has 1 aromatic rings. The van der Waals surface area contributed by atoms with E-state index in [1.807, 2.05) is 17.5 Å². The monoisotopic (exact) mass is 225 g/mol. The number of nitrogens with zero attached hydrogens (tertiary/aromatic N) is 2. The van der Waals surface area contributed by atoms with Crippen molar-refractivity contribution in [1.82, 2.24) is 9.88 Å². The number of hydrogen-bond donors (Lipinski definition) is 1. The molecule has 1 aliphatic heterocycles. The van der Waals surface area contributed by atoms with E-state index in [4.69, 9.17) is 5.73 Å². The van der Waals surface area contributed by atoms with Gasteiger partial charge < -0.3 is 5.73 Å². The lowest BCUT2D eigenvalue weighted by molar-refractivity contribution is 0.271. The van der Waals surface area contributed by atoms with Crippen molar-refractivity contribution in [3.8, 4) is 0 Å². The van der Waals surface area contributed by atoms with Crippen molar-refractivity contribution >= 4 is 11.3 Å². The normalized spacial score (nSPS) is 22.4. The number of likely N-dealkylation sites (tertiary alicyclic amines) is 1. The second-order valence-electron chi connectivity index (χ2n) is 3.99. The summed E-state index contributed by atoms with van der Waals surface area (Å²) in [6, 6.07) is 0.575. The largest absolute Gasteiger partial charge is 0.330 e. The molecule has 0 radical (unpaired) electrons. The van der Waals surface area contributed by atoms with Crippen molar-refractivity contribution in [3.63, 3.8) is 0 Å². The van der Waals surface area contributed by atoms with Gasteiger partial charge in [0.15, 0.2) is 0 Å². The van der Waals surface area contributed by atoms with Crippen molar-refractivity contribution in [2.45, 2.75) is 32.2 Å². The molecule has 1 atom stereocenters. The van der Waals surface area contributed by atoms with Gasteiger partial charge in [-0.3, -0.25) is 4.90 Å². The number of hydrogen-bond acceptors (Lipinski definition) is 4. The molecule has 0 spiro atoms. The van der Waals surface area contributed by atoms with Gasteiger partial charge in [0.25, 0.3) is 0 Å². The van der Waals surface area contributed by atoms with E-state index in [1.165, 1.54) is 29.3 Å². The summed E-state index contributed by atoms with van der Waals surface area (Å²) >= 11 is 1.84. The fourth-order valence-corrected chi connectivity index (χ4v) is 3.32. The second-order valence-corrected chi connectivity index (χ2v) is 5.14. The second kappa shape index (κ2) is 5.05. The lowest BCUT2D eigenvalue weighted by atomic mass is 10.2. The van der Waals surface area contributed by atoms with E-state index in [2.05, 4.69) is 16.8 Å². The van der Waals surface area contributed by atoms with Crippen molar-refractivity contribution < 1.29 is 0 Å². The Labute approximate surface area is 95.3 Å². The average molecular weight is 225 g/mol. The van der Waals surface area contributed by atoms with Gasteiger partial charge in [-0.15, -0.1) is 11.3 Å². The first-order chi connectivity index (χ1) is 7.35. The highest BCUT2D eigenvalue weighted by atomic mass is 32.1. The molecule has 2 rings (SSSR count). The minimum absolute atomic E-state index is 0.575. The van der Waals surface area contributed by atoms with Crippen LogP contribution in [-0.2, 0) is 6.42 Å². The summed E-state index contributed by atoms with van der Waals surface area (Å²) in [5.74, 6) is 0. The molecule has 4 heteroatoms. The first-order valence-corrected chi connectivity index (χ1v) is 6.55. The molecule has 0 saturated carbocycles. The Balaban J connectivity index is 2.07. The highest BCUT2D eigenvalue weighted by Gasteiger charge is 2.26. The Bertz CT molecular complexity index is 311. The lowest BCUT2D eigenvalue weighted by Crippen LogP contribution is -2.22. The highest BCUT2D eigenvalue weighted by Crippen LogP contribution is 2.33. The lowest BCUT2D eigenvalue weighted by Gasteiger charge is -2.20. The molecular formula is C11H19N3S. The highest BCUT2D eigenvalue weighted by molar-refractivity contribution is 7.11. The quantitative estimate of drug-likeness (QED) is 0.849. The summed E-state index contributed by atoms with van der Waals surface area (Å²) in [4.78, 5) is 8.38. The van der Waals surface area contributed by atoms with Crippen LogP contribution in [-0.4, -0.2) is 29.5 Å². The number of nitrogens with two attached hydrogens (primary N) is 1. The summed E-state index contributed by atoms with van der Waals surface area (Å²) in [5.41, 5.74) is 5.55. The molecule has 3 nitrogen and oxygen atoms in total. The molecule has 1 unspecified atom stereocenters. The topological polar surface area (TPSA) is 42.2 Å². The summed E-state index contributed by atoms with van der Waals surface area (Å²) in [7, 11) is 0. The van der Waals surface area contributed by atoms with Crippen LogP contribution in [0.3, 0.4) is 0 Å². The van der Waals surface area contributed by atoms with E-state index in [0.717, 1.165) is 19.5 Å². The predicted molar refractivity (Wildman–Crippen MR) is 64.1 cm³/mol. The van der Waals surface area contributed by atoms with E-state index in [0.29, 0.717) is 6.04 Å². The van der Waals surface area contributed by atoms with Crippen LogP contribution in [0.4, 0.5) is 0 Å². The Kier molecular flexibility index (Phi) is 3.72. The van der Waals surface area contributed by atoms with Gasteiger partial charge in [0.05, 0.1) is 6.04 Å².